The lowest BCUT2D eigenvalue weighted by atomic mass is 10.1. The highest BCUT2D eigenvalue weighted by atomic mass is 32.1. The smallest absolute Gasteiger partial charge is 0.257 e. The largest absolute Gasteiger partial charge is 0.490 e. The summed E-state index contributed by atoms with van der Waals surface area (Å²) in [6.07, 6.45) is 0. The monoisotopic (exact) mass is 539 g/mol. The maximum Gasteiger partial charge on any atom is 0.257 e. The molecule has 2 amide bonds. The van der Waals surface area contributed by atoms with Crippen molar-refractivity contribution < 1.29 is 19.1 Å². The summed E-state index contributed by atoms with van der Waals surface area (Å²) in [6, 6.07) is 28.9. The van der Waals surface area contributed by atoms with Crippen LogP contribution in [0.3, 0.4) is 0 Å². The molecule has 198 valence electrons. The number of thiocarbonyl (C=S) groups is 1. The molecule has 4 aromatic rings. The molecule has 8 heteroatoms. The zero-order valence-electron chi connectivity index (χ0n) is 21.7. The number of amides is 2. The van der Waals surface area contributed by atoms with Gasteiger partial charge in [0.05, 0.1) is 11.3 Å². The molecule has 0 spiro atoms. The fourth-order valence-electron chi connectivity index (χ4n) is 3.70. The molecule has 0 atom stereocenters. The number of nitrogens with one attached hydrogen (secondary N) is 3. The highest BCUT2D eigenvalue weighted by molar-refractivity contribution is 7.80. The van der Waals surface area contributed by atoms with Crippen molar-refractivity contribution in [3.05, 3.63) is 119 Å². The van der Waals surface area contributed by atoms with E-state index in [0.29, 0.717) is 41.5 Å². The van der Waals surface area contributed by atoms with Gasteiger partial charge in [0, 0.05) is 11.3 Å². The molecule has 39 heavy (non-hydrogen) atoms. The van der Waals surface area contributed by atoms with Crippen LogP contribution in [0.15, 0.2) is 97.1 Å². The number of anilines is 2. The van der Waals surface area contributed by atoms with E-state index < -0.39 is 5.91 Å². The maximum atomic E-state index is 13.0. The summed E-state index contributed by atoms with van der Waals surface area (Å²) in [4.78, 5) is 25.8. The first-order chi connectivity index (χ1) is 18.9. The number of ether oxygens (including phenoxy) is 2. The summed E-state index contributed by atoms with van der Waals surface area (Å²) in [5, 5.41) is 8.60. The quantitative estimate of drug-likeness (QED) is 0.175. The predicted octanol–water partition coefficient (Wildman–Crippen LogP) is 6.14. The Kier molecular flexibility index (Phi) is 9.26. The molecule has 0 aliphatic rings. The first kappa shape index (κ1) is 27.3. The summed E-state index contributed by atoms with van der Waals surface area (Å²) >= 11 is 5.36. The highest BCUT2D eigenvalue weighted by Gasteiger charge is 2.14. The first-order valence-electron chi connectivity index (χ1n) is 12.4. The van der Waals surface area contributed by atoms with Gasteiger partial charge in [-0.3, -0.25) is 14.9 Å². The van der Waals surface area contributed by atoms with Crippen LogP contribution in [0.2, 0.25) is 0 Å². The third-order valence-corrected chi connectivity index (χ3v) is 6.08. The Labute approximate surface area is 233 Å². The normalized spacial score (nSPS) is 10.3. The van der Waals surface area contributed by atoms with Gasteiger partial charge in [-0.2, -0.15) is 0 Å². The number of rotatable bonds is 9. The number of carbonyl (C=O) groups is 2. The number of hydrogen-bond donors (Lipinski definition) is 3. The Balaban J connectivity index is 1.32. The van der Waals surface area contributed by atoms with E-state index in [2.05, 4.69) is 16.0 Å². The molecule has 0 aliphatic heterocycles. The number of hydrogen-bond acceptors (Lipinski definition) is 5. The lowest BCUT2D eigenvalue weighted by Gasteiger charge is -2.14. The van der Waals surface area contributed by atoms with Gasteiger partial charge in [0.25, 0.3) is 11.8 Å². The molecule has 7 nitrogen and oxygen atoms in total. The van der Waals surface area contributed by atoms with Crippen molar-refractivity contribution in [2.45, 2.75) is 13.8 Å². The van der Waals surface area contributed by atoms with Gasteiger partial charge in [-0.15, -0.1) is 0 Å². The van der Waals surface area contributed by atoms with Gasteiger partial charge in [-0.05, 0) is 91.8 Å². The van der Waals surface area contributed by atoms with Crippen molar-refractivity contribution >= 4 is 40.5 Å². The fraction of sp³-hybridized carbons (Fsp3) is 0.129. The summed E-state index contributed by atoms with van der Waals surface area (Å²) in [5.41, 5.74) is 4.16. The summed E-state index contributed by atoms with van der Waals surface area (Å²) in [6.45, 7) is 4.69. The molecule has 0 fully saturated rings. The second-order valence-corrected chi connectivity index (χ2v) is 9.15. The van der Waals surface area contributed by atoms with Crippen LogP contribution in [0.25, 0.3) is 0 Å². The van der Waals surface area contributed by atoms with E-state index in [1.165, 1.54) is 0 Å². The van der Waals surface area contributed by atoms with Crippen molar-refractivity contribution in [1.82, 2.24) is 5.32 Å². The Bertz CT molecular complexity index is 1470. The minimum absolute atomic E-state index is 0.0639. The van der Waals surface area contributed by atoms with E-state index in [9.17, 15) is 9.59 Å². The molecule has 0 saturated carbocycles. The molecule has 4 aromatic carbocycles. The molecule has 0 bridgehead atoms. The van der Waals surface area contributed by atoms with Crippen LogP contribution >= 0.6 is 12.2 Å². The van der Waals surface area contributed by atoms with Crippen LogP contribution in [-0.4, -0.2) is 30.1 Å². The zero-order valence-corrected chi connectivity index (χ0v) is 22.5. The third kappa shape index (κ3) is 7.90. The summed E-state index contributed by atoms with van der Waals surface area (Å²) < 4.78 is 11.4. The molecule has 3 N–H and O–H groups in total. The molecule has 4 rings (SSSR count). The maximum absolute atomic E-state index is 13.0. The number of carbonyl (C=O) groups excluding carboxylic acids is 2. The molecule has 0 unspecified atom stereocenters. The van der Waals surface area contributed by atoms with Gasteiger partial charge >= 0.3 is 0 Å². The standard InChI is InChI=1S/C31H29N3O4S/c1-21-15-16-24(19-22(21)2)32-30(36)27-13-6-7-14-28(27)33-31(39)34-29(35)23-9-8-12-26(20-23)38-18-17-37-25-10-4-3-5-11-25/h3-16,19-20H,17-18H2,1-2H3,(H,32,36)(H2,33,34,35,39). The van der Waals surface area contributed by atoms with Crippen molar-refractivity contribution in [2.24, 2.45) is 0 Å². The van der Waals surface area contributed by atoms with Gasteiger partial charge in [-0.1, -0.05) is 42.5 Å². The SMILES string of the molecule is Cc1ccc(NC(=O)c2ccccc2NC(=S)NC(=O)c2cccc(OCCOc3ccccc3)c2)cc1C. The predicted molar refractivity (Wildman–Crippen MR) is 158 cm³/mol. The summed E-state index contributed by atoms with van der Waals surface area (Å²) in [5.74, 6) is 0.596. The number of aryl methyl sites for hydroxylation is 2. The van der Waals surface area contributed by atoms with Crippen molar-refractivity contribution in [3.8, 4) is 11.5 Å². The van der Waals surface area contributed by atoms with Crippen LogP contribution in [0.5, 0.6) is 11.5 Å². The van der Waals surface area contributed by atoms with E-state index in [-0.39, 0.29) is 11.0 Å². The van der Waals surface area contributed by atoms with Crippen molar-refractivity contribution in [2.75, 3.05) is 23.8 Å². The third-order valence-electron chi connectivity index (χ3n) is 5.87. The van der Waals surface area contributed by atoms with Gasteiger partial charge in [-0.25, -0.2) is 0 Å². The molecular weight excluding hydrogens is 510 g/mol. The van der Waals surface area contributed by atoms with Crippen LogP contribution in [0.4, 0.5) is 11.4 Å². The van der Waals surface area contributed by atoms with Gasteiger partial charge in [0.15, 0.2) is 5.11 Å². The van der Waals surface area contributed by atoms with E-state index in [4.69, 9.17) is 21.7 Å². The minimum atomic E-state index is -0.407. The Morgan fingerprint density at radius 3 is 2.15 bits per heavy atom. The molecule has 0 aromatic heterocycles. The number of para-hydroxylation sites is 2. The lowest BCUT2D eigenvalue weighted by Crippen LogP contribution is -2.34. The van der Waals surface area contributed by atoms with Gasteiger partial charge in [0.2, 0.25) is 0 Å². The number of benzene rings is 4. The topological polar surface area (TPSA) is 88.7 Å². The van der Waals surface area contributed by atoms with Crippen LogP contribution in [0, 0.1) is 13.8 Å². The fourth-order valence-corrected chi connectivity index (χ4v) is 3.90. The van der Waals surface area contributed by atoms with Crippen LogP contribution < -0.4 is 25.4 Å². The Morgan fingerprint density at radius 1 is 0.692 bits per heavy atom. The van der Waals surface area contributed by atoms with E-state index >= 15 is 0 Å². The Hall–Kier alpha value is -4.69. The first-order valence-corrected chi connectivity index (χ1v) is 12.8. The minimum Gasteiger partial charge on any atom is -0.490 e. The zero-order chi connectivity index (χ0) is 27.6. The molecule has 0 heterocycles. The average molecular weight is 540 g/mol. The second kappa shape index (κ2) is 13.2. The van der Waals surface area contributed by atoms with Crippen molar-refractivity contribution in [3.63, 3.8) is 0 Å². The lowest BCUT2D eigenvalue weighted by molar-refractivity contribution is 0.0976. The second-order valence-electron chi connectivity index (χ2n) is 8.74. The van der Waals surface area contributed by atoms with Crippen LogP contribution in [-0.2, 0) is 0 Å². The van der Waals surface area contributed by atoms with E-state index in [1.807, 2.05) is 62.4 Å². The van der Waals surface area contributed by atoms with Gasteiger partial charge in [0.1, 0.15) is 24.7 Å². The summed E-state index contributed by atoms with van der Waals surface area (Å²) in [7, 11) is 0. The highest BCUT2D eigenvalue weighted by Crippen LogP contribution is 2.20. The average Bonchev–Trinajstić information content (AvgIpc) is 2.94. The molecule has 0 aliphatic carbocycles. The van der Waals surface area contributed by atoms with E-state index in [1.54, 1.807) is 48.5 Å². The van der Waals surface area contributed by atoms with Crippen molar-refractivity contribution in [1.29, 1.82) is 0 Å². The molecular formula is C31H29N3O4S. The van der Waals surface area contributed by atoms with Gasteiger partial charge < -0.3 is 20.1 Å². The van der Waals surface area contributed by atoms with Crippen LogP contribution in [0.1, 0.15) is 31.8 Å². The molecule has 0 saturated heterocycles. The van der Waals surface area contributed by atoms with E-state index in [0.717, 1.165) is 16.9 Å². The molecule has 0 radical (unpaired) electrons. The Morgan fingerprint density at radius 2 is 1.38 bits per heavy atom.